The molecule has 152 valence electrons. The van der Waals surface area contributed by atoms with E-state index in [1.54, 1.807) is 29.5 Å². The molecule has 2 aliphatic heterocycles. The van der Waals surface area contributed by atoms with Crippen molar-refractivity contribution < 1.29 is 14.7 Å². The van der Waals surface area contributed by atoms with Crippen LogP contribution in [-0.2, 0) is 0 Å². The molecule has 0 radical (unpaired) electrons. The van der Waals surface area contributed by atoms with Crippen molar-refractivity contribution in [1.29, 1.82) is 0 Å². The SMILES string of the molecule is O=C1N=C(N2C=CC(=C(O)c3ccccc3)C=C2)C(=CN=NC(=O)c2ccncc2)S1. The highest BCUT2D eigenvalue weighted by atomic mass is 32.2. The van der Waals surface area contributed by atoms with Crippen LogP contribution in [0.1, 0.15) is 15.9 Å². The summed E-state index contributed by atoms with van der Waals surface area (Å²) in [6.07, 6.45) is 11.1. The number of rotatable bonds is 3. The summed E-state index contributed by atoms with van der Waals surface area (Å²) in [7, 11) is 0. The molecule has 0 unspecified atom stereocenters. The van der Waals surface area contributed by atoms with Gasteiger partial charge in [-0.2, -0.15) is 10.1 Å². The Labute approximate surface area is 181 Å². The van der Waals surface area contributed by atoms with Crippen molar-refractivity contribution in [3.63, 3.8) is 0 Å². The predicted octanol–water partition coefficient (Wildman–Crippen LogP) is 5.09. The van der Waals surface area contributed by atoms with Gasteiger partial charge in [0.2, 0.25) is 0 Å². The molecule has 9 heteroatoms. The van der Waals surface area contributed by atoms with E-state index in [1.807, 2.05) is 30.3 Å². The topological polar surface area (TPSA) is 108 Å². The molecule has 8 nitrogen and oxygen atoms in total. The van der Waals surface area contributed by atoms with Gasteiger partial charge in [-0.05, 0) is 36.0 Å². The van der Waals surface area contributed by atoms with Crippen molar-refractivity contribution in [2.24, 2.45) is 15.2 Å². The maximum atomic E-state index is 12.0. The summed E-state index contributed by atoms with van der Waals surface area (Å²) >= 11 is 0.891. The molecule has 0 atom stereocenters. The number of aliphatic hydroxyl groups is 1. The zero-order valence-corrected chi connectivity index (χ0v) is 16.8. The molecule has 0 saturated carbocycles. The van der Waals surface area contributed by atoms with Gasteiger partial charge in [0.25, 0.3) is 5.91 Å². The number of amides is 2. The lowest BCUT2D eigenvalue weighted by molar-refractivity contribution is 0.0994. The third-order valence-corrected chi connectivity index (χ3v) is 5.03. The first-order valence-electron chi connectivity index (χ1n) is 9.11. The van der Waals surface area contributed by atoms with Crippen LogP contribution in [0.25, 0.3) is 5.76 Å². The molecule has 0 fully saturated rings. The molecule has 2 amide bonds. The second-order valence-electron chi connectivity index (χ2n) is 6.26. The number of pyridine rings is 1. The van der Waals surface area contributed by atoms with Gasteiger partial charge in [-0.1, -0.05) is 30.3 Å². The summed E-state index contributed by atoms with van der Waals surface area (Å²) in [5, 5.41) is 17.5. The number of aliphatic imine (C=N–C) groups is 1. The van der Waals surface area contributed by atoms with E-state index in [1.165, 1.54) is 30.7 Å². The lowest BCUT2D eigenvalue weighted by atomic mass is 10.1. The van der Waals surface area contributed by atoms with Crippen LogP contribution in [0.4, 0.5) is 4.79 Å². The molecular formula is C22H15N5O3S. The summed E-state index contributed by atoms with van der Waals surface area (Å²) in [5.74, 6) is -0.0159. The molecule has 0 bridgehead atoms. The number of hydrogen-bond acceptors (Lipinski definition) is 7. The molecule has 0 saturated heterocycles. The van der Waals surface area contributed by atoms with Crippen LogP contribution in [0, 0.1) is 0 Å². The van der Waals surface area contributed by atoms with Crippen LogP contribution in [0.15, 0.2) is 111 Å². The van der Waals surface area contributed by atoms with Gasteiger partial charge in [-0.3, -0.25) is 14.6 Å². The summed E-state index contributed by atoms with van der Waals surface area (Å²) < 4.78 is 0. The van der Waals surface area contributed by atoms with Gasteiger partial charge in [0.15, 0.2) is 5.84 Å². The molecule has 1 N–H and O–H groups in total. The molecule has 2 aliphatic rings. The summed E-state index contributed by atoms with van der Waals surface area (Å²) in [4.78, 5) is 33.8. The molecule has 3 heterocycles. The largest absolute Gasteiger partial charge is 0.507 e. The molecule has 31 heavy (non-hydrogen) atoms. The van der Waals surface area contributed by atoms with E-state index < -0.39 is 11.1 Å². The Bertz CT molecular complexity index is 1180. The number of carbonyl (C=O) groups excluding carboxylic acids is 2. The first-order valence-corrected chi connectivity index (χ1v) is 9.93. The number of nitrogens with zero attached hydrogens (tertiary/aromatic N) is 5. The van der Waals surface area contributed by atoms with Gasteiger partial charge >= 0.3 is 5.24 Å². The Hall–Kier alpha value is -4.11. The smallest absolute Gasteiger partial charge is 0.311 e. The Morgan fingerprint density at radius 1 is 1.03 bits per heavy atom. The van der Waals surface area contributed by atoms with Crippen molar-refractivity contribution in [3.8, 4) is 0 Å². The normalized spacial score (nSPS) is 17.0. The molecule has 0 aliphatic carbocycles. The van der Waals surface area contributed by atoms with Gasteiger partial charge in [0.05, 0.1) is 11.1 Å². The number of aliphatic hydroxyl groups excluding tert-OH is 1. The van der Waals surface area contributed by atoms with Gasteiger partial charge in [-0.15, -0.1) is 5.11 Å². The third kappa shape index (κ3) is 4.73. The Kier molecular flexibility index (Phi) is 5.95. The number of carbonyl (C=O) groups is 2. The number of azo groups is 1. The number of aromatic nitrogens is 1. The highest BCUT2D eigenvalue weighted by molar-refractivity contribution is 8.18. The zero-order valence-electron chi connectivity index (χ0n) is 16.0. The fraction of sp³-hybridized carbons (Fsp3) is 0. The van der Waals surface area contributed by atoms with Crippen LogP contribution >= 0.6 is 11.8 Å². The number of amidine groups is 1. The standard InChI is InChI=1S/C22H15N5O3S/c28-19(15-4-2-1-3-5-15)16-8-12-27(13-9-16)20-18(31-22(30)25-20)14-24-26-21(29)17-6-10-23-11-7-17/h1-14,28H. The predicted molar refractivity (Wildman–Crippen MR) is 118 cm³/mol. The van der Waals surface area contributed by atoms with Crippen LogP contribution in [-0.4, -0.2) is 32.0 Å². The van der Waals surface area contributed by atoms with E-state index in [0.29, 0.717) is 27.4 Å². The lowest BCUT2D eigenvalue weighted by Crippen LogP contribution is -2.20. The van der Waals surface area contributed by atoms with E-state index in [-0.39, 0.29) is 5.76 Å². The van der Waals surface area contributed by atoms with Crippen molar-refractivity contribution in [3.05, 3.63) is 107 Å². The zero-order chi connectivity index (χ0) is 21.6. The summed E-state index contributed by atoms with van der Waals surface area (Å²) in [6.45, 7) is 0. The van der Waals surface area contributed by atoms with Crippen LogP contribution in [0.5, 0.6) is 0 Å². The first-order chi connectivity index (χ1) is 15.1. The Balaban J connectivity index is 1.50. The third-order valence-electron chi connectivity index (χ3n) is 4.26. The highest BCUT2D eigenvalue weighted by Crippen LogP contribution is 2.31. The molecule has 4 rings (SSSR count). The van der Waals surface area contributed by atoms with Crippen molar-refractivity contribution in [2.45, 2.75) is 0 Å². The monoisotopic (exact) mass is 429 g/mol. The fourth-order valence-electron chi connectivity index (χ4n) is 2.75. The van der Waals surface area contributed by atoms with Crippen LogP contribution < -0.4 is 0 Å². The minimum absolute atomic E-state index is 0.144. The van der Waals surface area contributed by atoms with Crippen molar-refractivity contribution in [1.82, 2.24) is 9.88 Å². The van der Waals surface area contributed by atoms with E-state index in [4.69, 9.17) is 0 Å². The fourth-order valence-corrected chi connectivity index (χ4v) is 3.41. The second-order valence-corrected chi connectivity index (χ2v) is 7.26. The second kappa shape index (κ2) is 9.14. The van der Waals surface area contributed by atoms with Gasteiger partial charge in [-0.25, -0.2) is 0 Å². The number of thioether (sulfide) groups is 1. The average molecular weight is 429 g/mol. The van der Waals surface area contributed by atoms with Gasteiger partial charge < -0.3 is 10.0 Å². The maximum absolute atomic E-state index is 12.0. The maximum Gasteiger partial charge on any atom is 0.311 e. The molecular weight excluding hydrogens is 414 g/mol. The summed E-state index contributed by atoms with van der Waals surface area (Å²) in [6, 6.07) is 12.3. The van der Waals surface area contributed by atoms with Gasteiger partial charge in [0.1, 0.15) is 5.76 Å². The quantitative estimate of drug-likeness (QED) is 0.538. The summed E-state index contributed by atoms with van der Waals surface area (Å²) in [5.41, 5.74) is 1.68. The number of benzene rings is 1. The minimum atomic E-state index is -0.518. The van der Waals surface area contributed by atoms with Crippen LogP contribution in [0.3, 0.4) is 0 Å². The Morgan fingerprint density at radius 2 is 1.74 bits per heavy atom. The average Bonchev–Trinajstić information content (AvgIpc) is 3.20. The molecule has 2 aromatic rings. The molecule has 0 spiro atoms. The molecule has 1 aromatic heterocycles. The van der Waals surface area contributed by atoms with E-state index in [2.05, 4.69) is 20.2 Å². The van der Waals surface area contributed by atoms with E-state index >= 15 is 0 Å². The first kappa shape index (κ1) is 20.2. The molecule has 1 aromatic carbocycles. The van der Waals surface area contributed by atoms with E-state index in [0.717, 1.165) is 11.8 Å². The number of allylic oxidation sites excluding steroid dienone is 3. The van der Waals surface area contributed by atoms with Crippen molar-refractivity contribution >= 4 is 34.5 Å². The van der Waals surface area contributed by atoms with E-state index in [9.17, 15) is 14.7 Å². The number of hydrogen-bond donors (Lipinski definition) is 1. The lowest BCUT2D eigenvalue weighted by Gasteiger charge is -2.19. The van der Waals surface area contributed by atoms with Crippen molar-refractivity contribution in [2.75, 3.05) is 0 Å². The van der Waals surface area contributed by atoms with Gasteiger partial charge in [0, 0.05) is 41.5 Å². The van der Waals surface area contributed by atoms with Crippen LogP contribution in [0.2, 0.25) is 0 Å². The minimum Gasteiger partial charge on any atom is -0.507 e. The Morgan fingerprint density at radius 3 is 2.45 bits per heavy atom. The highest BCUT2D eigenvalue weighted by Gasteiger charge is 2.26.